The number of nitrogens with zero attached hydrogens (tertiary/aromatic N) is 2. The summed E-state index contributed by atoms with van der Waals surface area (Å²) in [4.78, 5) is 39.0. The van der Waals surface area contributed by atoms with Gasteiger partial charge >= 0.3 is 5.76 Å². The molecule has 5 rings (SSSR count). The molecule has 0 radical (unpaired) electrons. The number of benzene rings is 2. The second kappa shape index (κ2) is 8.53. The van der Waals surface area contributed by atoms with Crippen molar-refractivity contribution < 1.29 is 18.7 Å². The molecule has 1 atom stereocenters. The topological polar surface area (TPSA) is 93.8 Å². The summed E-state index contributed by atoms with van der Waals surface area (Å²) in [6, 6.07) is 14.4. The lowest BCUT2D eigenvalue weighted by molar-refractivity contribution is -0.133. The van der Waals surface area contributed by atoms with Crippen LogP contribution in [0.3, 0.4) is 0 Å². The molecule has 1 saturated heterocycles. The molecular weight excluding hydrogens is 410 g/mol. The molecule has 2 heterocycles. The number of rotatable bonds is 7. The van der Waals surface area contributed by atoms with Crippen molar-refractivity contribution in [2.24, 2.45) is 0 Å². The fourth-order valence-corrected chi connectivity index (χ4v) is 4.12. The van der Waals surface area contributed by atoms with Crippen molar-refractivity contribution in [1.29, 1.82) is 0 Å². The second-order valence-electron chi connectivity index (χ2n) is 8.39. The van der Waals surface area contributed by atoms with Gasteiger partial charge in [0.2, 0.25) is 5.91 Å². The third-order valence-electron chi connectivity index (χ3n) is 6.04. The molecule has 8 heteroatoms. The number of carbonyl (C=O) groups excluding carboxylic acids is 2. The Kier molecular flexibility index (Phi) is 5.43. The highest BCUT2D eigenvalue weighted by molar-refractivity contribution is 5.94. The normalized spacial score (nSPS) is 18.1. The zero-order valence-corrected chi connectivity index (χ0v) is 17.7. The van der Waals surface area contributed by atoms with Gasteiger partial charge in [-0.2, -0.15) is 0 Å². The van der Waals surface area contributed by atoms with Gasteiger partial charge in [0.05, 0.1) is 11.6 Å². The summed E-state index contributed by atoms with van der Waals surface area (Å²) in [6.07, 6.45) is 3.83. The monoisotopic (exact) mass is 435 g/mol. The van der Waals surface area contributed by atoms with Gasteiger partial charge in [0.1, 0.15) is 18.9 Å². The van der Waals surface area contributed by atoms with Crippen LogP contribution in [0.15, 0.2) is 57.7 Å². The summed E-state index contributed by atoms with van der Waals surface area (Å²) in [7, 11) is 0. The fourth-order valence-electron chi connectivity index (χ4n) is 4.12. The lowest BCUT2D eigenvalue weighted by Gasteiger charge is -2.25. The summed E-state index contributed by atoms with van der Waals surface area (Å²) in [5.74, 6) is -0.0628. The highest BCUT2D eigenvalue weighted by Crippen LogP contribution is 2.22. The zero-order chi connectivity index (χ0) is 22.1. The van der Waals surface area contributed by atoms with Crippen LogP contribution in [0.2, 0.25) is 0 Å². The number of hydrogen-bond acceptors (Lipinski definition) is 5. The van der Waals surface area contributed by atoms with E-state index in [1.54, 1.807) is 47.4 Å². The first-order valence-corrected chi connectivity index (χ1v) is 11.0. The third kappa shape index (κ3) is 4.26. The van der Waals surface area contributed by atoms with Gasteiger partial charge in [0.25, 0.3) is 5.91 Å². The smallest absolute Gasteiger partial charge is 0.420 e. The maximum atomic E-state index is 13.0. The first-order chi connectivity index (χ1) is 15.6. The Morgan fingerprint density at radius 3 is 2.62 bits per heavy atom. The third-order valence-corrected chi connectivity index (χ3v) is 6.04. The number of oxazole rings is 1. The van der Waals surface area contributed by atoms with Crippen molar-refractivity contribution in [3.63, 3.8) is 0 Å². The van der Waals surface area contributed by atoms with Crippen LogP contribution in [0.4, 0.5) is 0 Å². The van der Waals surface area contributed by atoms with Gasteiger partial charge in [0, 0.05) is 18.2 Å². The molecule has 1 saturated carbocycles. The number of likely N-dealkylation sites (tertiary alicyclic amines) is 1. The Labute approximate surface area is 184 Å². The van der Waals surface area contributed by atoms with Gasteiger partial charge in [-0.05, 0) is 62.1 Å². The van der Waals surface area contributed by atoms with Crippen LogP contribution in [0, 0.1) is 0 Å². The number of nitrogens with one attached hydrogen (secondary N) is 1. The molecule has 1 unspecified atom stereocenters. The largest absolute Gasteiger partial charge is 0.491 e. The lowest BCUT2D eigenvalue weighted by atomic mass is 10.2. The van der Waals surface area contributed by atoms with E-state index in [1.165, 1.54) is 4.57 Å². The maximum Gasteiger partial charge on any atom is 0.420 e. The lowest BCUT2D eigenvalue weighted by Crippen LogP contribution is -2.41. The van der Waals surface area contributed by atoms with Gasteiger partial charge < -0.3 is 19.4 Å². The summed E-state index contributed by atoms with van der Waals surface area (Å²) in [5.41, 5.74) is 1.70. The Hall–Kier alpha value is -3.55. The molecule has 8 nitrogen and oxygen atoms in total. The minimum absolute atomic E-state index is 0.0584. The molecule has 1 N–H and O–H groups in total. The molecular formula is C24H25N3O5. The van der Waals surface area contributed by atoms with Crippen molar-refractivity contribution in [3.05, 3.63) is 64.6 Å². The Bertz CT molecular complexity index is 1190. The first kappa shape index (κ1) is 20.4. The van der Waals surface area contributed by atoms with Crippen molar-refractivity contribution in [2.45, 2.75) is 44.3 Å². The average molecular weight is 435 g/mol. The van der Waals surface area contributed by atoms with E-state index in [4.69, 9.17) is 9.15 Å². The molecule has 32 heavy (non-hydrogen) atoms. The first-order valence-electron chi connectivity index (χ1n) is 11.0. The van der Waals surface area contributed by atoms with Crippen LogP contribution in [0.25, 0.3) is 11.1 Å². The predicted octanol–water partition coefficient (Wildman–Crippen LogP) is 2.56. The van der Waals surface area contributed by atoms with Gasteiger partial charge in [-0.15, -0.1) is 0 Å². The van der Waals surface area contributed by atoms with Crippen molar-refractivity contribution in [1.82, 2.24) is 14.8 Å². The number of aromatic nitrogens is 1. The van der Waals surface area contributed by atoms with E-state index in [0.29, 0.717) is 41.6 Å². The van der Waals surface area contributed by atoms with Crippen LogP contribution in [-0.2, 0) is 11.3 Å². The quantitative estimate of drug-likeness (QED) is 0.616. The van der Waals surface area contributed by atoms with E-state index < -0.39 is 5.76 Å². The molecule has 0 bridgehead atoms. The Balaban J connectivity index is 1.20. The van der Waals surface area contributed by atoms with E-state index in [1.807, 2.05) is 6.07 Å². The minimum atomic E-state index is -0.530. The number of amides is 2. The van der Waals surface area contributed by atoms with E-state index >= 15 is 0 Å². The van der Waals surface area contributed by atoms with Crippen LogP contribution >= 0.6 is 0 Å². The standard InChI is InChI=1S/C24H25N3O5/c28-22(14-27-20-5-1-2-6-21(20)32-24(27)30)26-13-3-4-18(26)15-31-19-11-7-16(8-12-19)23(29)25-17-9-10-17/h1-2,5-8,11-12,17-18H,3-4,9-10,13-15H2,(H,25,29). The number of para-hydroxylation sites is 2. The summed E-state index contributed by atoms with van der Waals surface area (Å²) >= 11 is 0. The zero-order valence-electron chi connectivity index (χ0n) is 17.7. The molecule has 166 valence electrons. The highest BCUT2D eigenvalue weighted by Gasteiger charge is 2.30. The van der Waals surface area contributed by atoms with E-state index in [2.05, 4.69) is 5.32 Å². The molecule has 1 aliphatic heterocycles. The van der Waals surface area contributed by atoms with Crippen LogP contribution in [0.5, 0.6) is 5.75 Å². The molecule has 1 aromatic heterocycles. The minimum Gasteiger partial charge on any atom is -0.491 e. The van der Waals surface area contributed by atoms with E-state index in [0.717, 1.165) is 25.7 Å². The van der Waals surface area contributed by atoms with Gasteiger partial charge in [-0.25, -0.2) is 4.79 Å². The van der Waals surface area contributed by atoms with E-state index in [9.17, 15) is 14.4 Å². The molecule has 2 aliphatic rings. The fraction of sp³-hybridized carbons (Fsp3) is 0.375. The summed E-state index contributed by atoms with van der Waals surface area (Å²) < 4.78 is 12.5. The molecule has 3 aromatic rings. The molecule has 2 aromatic carbocycles. The second-order valence-corrected chi connectivity index (χ2v) is 8.39. The van der Waals surface area contributed by atoms with Crippen LogP contribution in [-0.4, -0.2) is 46.5 Å². The Morgan fingerprint density at radius 1 is 1.06 bits per heavy atom. The highest BCUT2D eigenvalue weighted by atomic mass is 16.5. The molecule has 2 amide bonds. The van der Waals surface area contributed by atoms with E-state index in [-0.39, 0.29) is 24.4 Å². The molecule has 0 spiro atoms. The SMILES string of the molecule is O=C(NC1CC1)c1ccc(OCC2CCCN2C(=O)Cn2c(=O)oc3ccccc32)cc1. The van der Waals surface area contributed by atoms with Crippen LogP contribution in [0.1, 0.15) is 36.0 Å². The van der Waals surface area contributed by atoms with Crippen molar-refractivity contribution >= 4 is 22.9 Å². The summed E-state index contributed by atoms with van der Waals surface area (Å²) in [6.45, 7) is 0.940. The van der Waals surface area contributed by atoms with Gasteiger partial charge in [0.15, 0.2) is 5.58 Å². The molecule has 2 fully saturated rings. The number of hydrogen-bond donors (Lipinski definition) is 1. The van der Waals surface area contributed by atoms with Crippen molar-refractivity contribution in [2.75, 3.05) is 13.2 Å². The molecule has 1 aliphatic carbocycles. The predicted molar refractivity (Wildman–Crippen MR) is 118 cm³/mol. The summed E-state index contributed by atoms with van der Waals surface area (Å²) in [5, 5.41) is 2.96. The van der Waals surface area contributed by atoms with Crippen LogP contribution < -0.4 is 15.8 Å². The number of carbonyl (C=O) groups is 2. The number of ether oxygens (including phenoxy) is 1. The average Bonchev–Trinajstić information content (AvgIpc) is 3.39. The number of fused-ring (bicyclic) bond motifs is 1. The van der Waals surface area contributed by atoms with Crippen molar-refractivity contribution in [3.8, 4) is 5.75 Å². The Morgan fingerprint density at radius 2 is 1.84 bits per heavy atom. The maximum absolute atomic E-state index is 13.0. The van der Waals surface area contributed by atoms with Gasteiger partial charge in [-0.3, -0.25) is 14.2 Å². The van der Waals surface area contributed by atoms with Gasteiger partial charge in [-0.1, -0.05) is 12.1 Å².